The molecule has 0 saturated carbocycles. The van der Waals surface area contributed by atoms with E-state index in [0.717, 1.165) is 24.3 Å². The Morgan fingerprint density at radius 1 is 1.21 bits per heavy atom. The van der Waals surface area contributed by atoms with Crippen LogP contribution < -0.4 is 5.32 Å². The molecule has 1 N–H and O–H groups in total. The number of nitrogens with one attached hydrogen (secondary N) is 1. The van der Waals surface area contributed by atoms with Gasteiger partial charge < -0.3 is 14.8 Å². The van der Waals surface area contributed by atoms with Crippen LogP contribution in [0.5, 0.6) is 0 Å². The van der Waals surface area contributed by atoms with E-state index >= 15 is 0 Å². The SMILES string of the molecule is COC(CNC1CS(=O)(=O)CC1S(=O)(=O)c1ccc(F)cc1)OC. The average Bonchev–Trinajstić information content (AvgIpc) is 2.84. The third-order valence-corrected chi connectivity index (χ3v) is 8.08. The first-order valence-electron chi connectivity index (χ1n) is 7.18. The Morgan fingerprint density at radius 3 is 2.33 bits per heavy atom. The normalized spacial score (nSPS) is 23.7. The third kappa shape index (κ3) is 4.31. The molecule has 0 amide bonds. The minimum absolute atomic E-state index is 0.104. The first-order valence-corrected chi connectivity index (χ1v) is 10.6. The van der Waals surface area contributed by atoms with Crippen molar-refractivity contribution in [3.8, 4) is 0 Å². The van der Waals surface area contributed by atoms with Gasteiger partial charge in [0.2, 0.25) is 0 Å². The molecular formula is C14H20FNO6S2. The standard InChI is InChI=1S/C14H20FNO6S2/c1-21-14(22-2)7-16-12-8-23(17,18)9-13(12)24(19,20)11-5-3-10(15)4-6-11/h3-6,12-14,16H,7-9H2,1-2H3. The van der Waals surface area contributed by atoms with Gasteiger partial charge in [-0.3, -0.25) is 0 Å². The average molecular weight is 381 g/mol. The molecule has 0 bridgehead atoms. The second-order valence-corrected chi connectivity index (χ2v) is 9.85. The molecule has 10 heteroatoms. The van der Waals surface area contributed by atoms with E-state index in [1.165, 1.54) is 14.2 Å². The first kappa shape index (κ1) is 19.3. The van der Waals surface area contributed by atoms with E-state index in [0.29, 0.717) is 0 Å². The third-order valence-electron chi connectivity index (χ3n) is 3.91. The van der Waals surface area contributed by atoms with Gasteiger partial charge in [-0.1, -0.05) is 0 Å². The summed E-state index contributed by atoms with van der Waals surface area (Å²) in [5.41, 5.74) is 0. The molecule has 0 aromatic heterocycles. The summed E-state index contributed by atoms with van der Waals surface area (Å²) in [6.07, 6.45) is -0.623. The molecule has 0 spiro atoms. The van der Waals surface area contributed by atoms with Crippen LogP contribution in [0, 0.1) is 5.82 Å². The molecule has 1 fully saturated rings. The van der Waals surface area contributed by atoms with Gasteiger partial charge in [-0.15, -0.1) is 0 Å². The Labute approximate surface area is 141 Å². The minimum Gasteiger partial charge on any atom is -0.355 e. The van der Waals surface area contributed by atoms with Crippen molar-refractivity contribution < 1.29 is 30.7 Å². The quantitative estimate of drug-likeness (QED) is 0.523. The zero-order valence-electron chi connectivity index (χ0n) is 13.3. The van der Waals surface area contributed by atoms with Gasteiger partial charge >= 0.3 is 0 Å². The number of halogens is 1. The molecule has 1 aliphatic heterocycles. The maximum absolute atomic E-state index is 13.0. The van der Waals surface area contributed by atoms with Crippen LogP contribution in [-0.4, -0.2) is 66.7 Å². The molecule has 2 atom stereocenters. The molecule has 136 valence electrons. The van der Waals surface area contributed by atoms with Crippen LogP contribution in [-0.2, 0) is 29.1 Å². The van der Waals surface area contributed by atoms with Crippen LogP contribution in [0.15, 0.2) is 29.2 Å². The lowest BCUT2D eigenvalue weighted by Gasteiger charge is -2.22. The molecule has 24 heavy (non-hydrogen) atoms. The van der Waals surface area contributed by atoms with Crippen molar-refractivity contribution >= 4 is 19.7 Å². The second kappa shape index (κ2) is 7.44. The fourth-order valence-electron chi connectivity index (χ4n) is 2.62. The van der Waals surface area contributed by atoms with E-state index in [4.69, 9.17) is 9.47 Å². The Hall–Kier alpha value is -1.07. The summed E-state index contributed by atoms with van der Waals surface area (Å²) in [4.78, 5) is -0.104. The van der Waals surface area contributed by atoms with E-state index in [2.05, 4.69) is 5.32 Å². The smallest absolute Gasteiger partial charge is 0.183 e. The second-order valence-electron chi connectivity index (χ2n) is 5.53. The molecule has 2 rings (SSSR count). The zero-order chi connectivity index (χ0) is 18.0. The van der Waals surface area contributed by atoms with E-state index in [1.807, 2.05) is 0 Å². The molecule has 1 aromatic carbocycles. The summed E-state index contributed by atoms with van der Waals surface area (Å²) in [6, 6.07) is 3.55. The Kier molecular flexibility index (Phi) is 5.97. The molecule has 7 nitrogen and oxygen atoms in total. The number of ether oxygens (including phenoxy) is 2. The molecule has 1 aliphatic rings. The van der Waals surface area contributed by atoms with Crippen molar-refractivity contribution in [1.82, 2.24) is 5.32 Å². The van der Waals surface area contributed by atoms with Crippen LogP contribution in [0.3, 0.4) is 0 Å². The van der Waals surface area contributed by atoms with E-state index in [1.54, 1.807) is 0 Å². The van der Waals surface area contributed by atoms with Gasteiger partial charge in [0.25, 0.3) is 0 Å². The molecule has 1 aromatic rings. The van der Waals surface area contributed by atoms with Crippen molar-refractivity contribution in [3.63, 3.8) is 0 Å². The predicted octanol–water partition coefficient (Wildman–Crippen LogP) is -0.0265. The van der Waals surface area contributed by atoms with Crippen molar-refractivity contribution in [2.75, 3.05) is 32.3 Å². The summed E-state index contributed by atoms with van der Waals surface area (Å²) in [7, 11) is -4.58. The van der Waals surface area contributed by atoms with Crippen LogP contribution in [0.1, 0.15) is 0 Å². The number of benzene rings is 1. The van der Waals surface area contributed by atoms with Crippen LogP contribution >= 0.6 is 0 Å². The summed E-state index contributed by atoms with van der Waals surface area (Å²) < 4.78 is 72.4. The summed E-state index contributed by atoms with van der Waals surface area (Å²) in [6.45, 7) is 0.141. The maximum atomic E-state index is 13.0. The van der Waals surface area contributed by atoms with Crippen LogP contribution in [0.25, 0.3) is 0 Å². The minimum atomic E-state index is -3.93. The van der Waals surface area contributed by atoms with Gasteiger partial charge in [-0.05, 0) is 24.3 Å². The van der Waals surface area contributed by atoms with Gasteiger partial charge in [-0.25, -0.2) is 21.2 Å². The number of hydrogen-bond donors (Lipinski definition) is 1. The Balaban J connectivity index is 2.25. The lowest BCUT2D eigenvalue weighted by atomic mass is 10.2. The van der Waals surface area contributed by atoms with Gasteiger partial charge in [0.15, 0.2) is 26.0 Å². The van der Waals surface area contributed by atoms with E-state index in [9.17, 15) is 21.2 Å². The van der Waals surface area contributed by atoms with Gasteiger partial charge in [0.05, 0.1) is 21.7 Å². The lowest BCUT2D eigenvalue weighted by molar-refractivity contribution is -0.0995. The highest BCUT2D eigenvalue weighted by Gasteiger charge is 2.45. The maximum Gasteiger partial charge on any atom is 0.183 e. The Bertz CT molecular complexity index is 759. The zero-order valence-corrected chi connectivity index (χ0v) is 14.9. The van der Waals surface area contributed by atoms with E-state index < -0.39 is 48.8 Å². The molecule has 1 heterocycles. The number of sulfone groups is 2. The largest absolute Gasteiger partial charge is 0.355 e. The molecule has 0 radical (unpaired) electrons. The van der Waals surface area contributed by atoms with Crippen molar-refractivity contribution in [2.24, 2.45) is 0 Å². The van der Waals surface area contributed by atoms with Crippen LogP contribution in [0.2, 0.25) is 0 Å². The van der Waals surface area contributed by atoms with Crippen molar-refractivity contribution in [3.05, 3.63) is 30.1 Å². The highest BCUT2D eigenvalue weighted by Crippen LogP contribution is 2.26. The fourth-order valence-corrected chi connectivity index (χ4v) is 7.34. The van der Waals surface area contributed by atoms with Crippen molar-refractivity contribution in [1.29, 1.82) is 0 Å². The summed E-state index contributed by atoms with van der Waals surface area (Å²) >= 11 is 0. The van der Waals surface area contributed by atoms with Crippen molar-refractivity contribution in [2.45, 2.75) is 22.5 Å². The summed E-state index contributed by atoms with van der Waals surface area (Å²) in [5.74, 6) is -1.33. The number of rotatable bonds is 7. The molecule has 0 aliphatic carbocycles. The van der Waals surface area contributed by atoms with E-state index in [-0.39, 0.29) is 17.2 Å². The number of methoxy groups -OCH3 is 2. The fraction of sp³-hybridized carbons (Fsp3) is 0.571. The highest BCUT2D eigenvalue weighted by atomic mass is 32.2. The molecular weight excluding hydrogens is 361 g/mol. The highest BCUT2D eigenvalue weighted by molar-refractivity contribution is 7.96. The lowest BCUT2D eigenvalue weighted by Crippen LogP contribution is -2.46. The first-order chi connectivity index (χ1) is 11.2. The monoisotopic (exact) mass is 381 g/mol. The Morgan fingerprint density at radius 2 is 1.79 bits per heavy atom. The molecule has 2 unspecified atom stereocenters. The summed E-state index contributed by atoms with van der Waals surface area (Å²) in [5, 5.41) is 1.74. The number of hydrogen-bond acceptors (Lipinski definition) is 7. The topological polar surface area (TPSA) is 98.8 Å². The van der Waals surface area contributed by atoms with Gasteiger partial charge in [0, 0.05) is 26.8 Å². The molecule has 1 saturated heterocycles. The van der Waals surface area contributed by atoms with Gasteiger partial charge in [-0.2, -0.15) is 0 Å². The van der Waals surface area contributed by atoms with Gasteiger partial charge in [0.1, 0.15) is 5.82 Å². The predicted molar refractivity (Wildman–Crippen MR) is 85.6 cm³/mol. The van der Waals surface area contributed by atoms with Crippen LogP contribution in [0.4, 0.5) is 4.39 Å².